The summed E-state index contributed by atoms with van der Waals surface area (Å²) in [6.07, 6.45) is 2.44. The lowest BCUT2D eigenvalue weighted by Crippen LogP contribution is -2.21. The Morgan fingerprint density at radius 1 is 1.58 bits per heavy atom. The van der Waals surface area contributed by atoms with Gasteiger partial charge in [-0.3, -0.25) is 10.1 Å². The molecule has 0 heterocycles. The minimum atomic E-state index is -0.431. The van der Waals surface area contributed by atoms with Crippen molar-refractivity contribution in [3.05, 3.63) is 46.0 Å². The lowest BCUT2D eigenvalue weighted by Gasteiger charge is -2.10. The van der Waals surface area contributed by atoms with Crippen LogP contribution < -0.4 is 10.1 Å². The highest BCUT2D eigenvalue weighted by Crippen LogP contribution is 2.28. The molecule has 0 amide bonds. The van der Waals surface area contributed by atoms with Crippen molar-refractivity contribution in [1.82, 2.24) is 5.32 Å². The third kappa shape index (κ3) is 4.06. The van der Waals surface area contributed by atoms with Crippen LogP contribution in [0.15, 0.2) is 30.4 Å². The van der Waals surface area contributed by atoms with Crippen LogP contribution in [-0.4, -0.2) is 24.1 Å². The molecule has 1 aliphatic carbocycles. The Balaban J connectivity index is 1.91. The van der Waals surface area contributed by atoms with Gasteiger partial charge < -0.3 is 10.1 Å². The maximum Gasteiger partial charge on any atom is 0.310 e. The van der Waals surface area contributed by atoms with Crippen molar-refractivity contribution in [2.24, 2.45) is 0 Å². The Labute approximate surface area is 112 Å². The van der Waals surface area contributed by atoms with Gasteiger partial charge in [-0.25, -0.2) is 0 Å². The normalized spacial score (nSPS) is 14.2. The minimum Gasteiger partial charge on any atom is -0.482 e. The molecule has 0 unspecified atom stereocenters. The van der Waals surface area contributed by atoms with Gasteiger partial charge in [0.25, 0.3) is 0 Å². The van der Waals surface area contributed by atoms with Crippen LogP contribution in [0.2, 0.25) is 0 Å². The lowest BCUT2D eigenvalue weighted by atomic mass is 10.2. The Morgan fingerprint density at radius 3 is 2.95 bits per heavy atom. The number of nitrogens with zero attached hydrogens (tertiary/aromatic N) is 1. The fraction of sp³-hybridized carbons (Fsp3) is 0.429. The molecule has 102 valence electrons. The van der Waals surface area contributed by atoms with E-state index in [1.165, 1.54) is 18.9 Å². The van der Waals surface area contributed by atoms with Crippen LogP contribution in [0, 0.1) is 17.0 Å². The summed E-state index contributed by atoms with van der Waals surface area (Å²) < 4.78 is 5.51. The zero-order chi connectivity index (χ0) is 13.8. The second-order valence-electron chi connectivity index (χ2n) is 4.92. The van der Waals surface area contributed by atoms with Gasteiger partial charge in [0, 0.05) is 18.7 Å². The quantitative estimate of drug-likeness (QED) is 0.466. The highest BCUT2D eigenvalue weighted by atomic mass is 16.6. The molecular weight excluding hydrogens is 244 g/mol. The fourth-order valence-electron chi connectivity index (χ4n) is 1.69. The Bertz CT molecular complexity index is 495. The summed E-state index contributed by atoms with van der Waals surface area (Å²) >= 11 is 0. The van der Waals surface area contributed by atoms with Gasteiger partial charge in [0.1, 0.15) is 6.61 Å². The van der Waals surface area contributed by atoms with Gasteiger partial charge in [-0.2, -0.15) is 0 Å². The highest BCUT2D eigenvalue weighted by Gasteiger charge is 2.20. The van der Waals surface area contributed by atoms with Crippen molar-refractivity contribution in [2.75, 3.05) is 13.2 Å². The minimum absolute atomic E-state index is 0.00597. The average molecular weight is 262 g/mol. The van der Waals surface area contributed by atoms with Gasteiger partial charge in [0.15, 0.2) is 5.75 Å². The summed E-state index contributed by atoms with van der Waals surface area (Å²) in [5, 5.41) is 14.2. The summed E-state index contributed by atoms with van der Waals surface area (Å²) in [4.78, 5) is 10.5. The van der Waals surface area contributed by atoms with Crippen LogP contribution in [0.4, 0.5) is 5.69 Å². The summed E-state index contributed by atoms with van der Waals surface area (Å²) in [6.45, 7) is 6.78. The number of aryl methyl sites for hydroxylation is 1. The van der Waals surface area contributed by atoms with Gasteiger partial charge in [0.05, 0.1) is 4.92 Å². The third-order valence-electron chi connectivity index (χ3n) is 2.96. The fourth-order valence-corrected chi connectivity index (χ4v) is 1.69. The molecule has 1 aliphatic rings. The van der Waals surface area contributed by atoms with E-state index in [-0.39, 0.29) is 5.69 Å². The highest BCUT2D eigenvalue weighted by molar-refractivity contribution is 5.48. The largest absolute Gasteiger partial charge is 0.482 e. The number of rotatable bonds is 7. The molecule has 1 N–H and O–H groups in total. The Kier molecular flexibility index (Phi) is 4.16. The maximum atomic E-state index is 10.9. The van der Waals surface area contributed by atoms with Gasteiger partial charge in [0.2, 0.25) is 0 Å². The second-order valence-corrected chi connectivity index (χ2v) is 4.92. The first-order chi connectivity index (χ1) is 9.06. The first kappa shape index (κ1) is 13.5. The van der Waals surface area contributed by atoms with Crippen molar-refractivity contribution in [3.8, 4) is 5.75 Å². The van der Waals surface area contributed by atoms with E-state index in [1.54, 1.807) is 12.1 Å². The van der Waals surface area contributed by atoms with E-state index in [1.807, 2.05) is 6.92 Å². The van der Waals surface area contributed by atoms with Crippen molar-refractivity contribution < 1.29 is 9.66 Å². The van der Waals surface area contributed by atoms with Gasteiger partial charge in [-0.05, 0) is 37.0 Å². The van der Waals surface area contributed by atoms with Gasteiger partial charge in [-0.15, -0.1) is 0 Å². The topological polar surface area (TPSA) is 64.4 Å². The van der Waals surface area contributed by atoms with Crippen molar-refractivity contribution in [2.45, 2.75) is 25.8 Å². The molecule has 0 saturated heterocycles. The smallest absolute Gasteiger partial charge is 0.310 e. The van der Waals surface area contributed by atoms with Gasteiger partial charge in [-0.1, -0.05) is 12.6 Å². The van der Waals surface area contributed by atoms with Crippen LogP contribution in [-0.2, 0) is 0 Å². The third-order valence-corrected chi connectivity index (χ3v) is 2.96. The van der Waals surface area contributed by atoms with Crippen LogP contribution in [0.1, 0.15) is 18.4 Å². The first-order valence-electron chi connectivity index (χ1n) is 6.34. The van der Waals surface area contributed by atoms with E-state index in [9.17, 15) is 10.1 Å². The summed E-state index contributed by atoms with van der Waals surface area (Å²) in [5.74, 6) is 0.303. The van der Waals surface area contributed by atoms with Crippen molar-refractivity contribution >= 4 is 5.69 Å². The molecule has 5 heteroatoms. The predicted molar refractivity (Wildman–Crippen MR) is 73.5 cm³/mol. The molecule has 5 nitrogen and oxygen atoms in total. The van der Waals surface area contributed by atoms with E-state index >= 15 is 0 Å². The van der Waals surface area contributed by atoms with Crippen molar-refractivity contribution in [1.29, 1.82) is 0 Å². The molecule has 0 aromatic heterocycles. The molecule has 0 atom stereocenters. The summed E-state index contributed by atoms with van der Waals surface area (Å²) in [6, 6.07) is 5.47. The molecule has 1 saturated carbocycles. The number of hydrogen-bond acceptors (Lipinski definition) is 4. The van der Waals surface area contributed by atoms with Crippen LogP contribution in [0.5, 0.6) is 5.75 Å². The molecule has 0 bridgehead atoms. The standard InChI is InChI=1S/C14H18N2O3/c1-10-3-6-13(16(17)18)14(7-10)19-9-11(2)8-15-12-4-5-12/h3,6-7,12,15H,2,4-5,8-9H2,1H3. The molecular formula is C14H18N2O3. The zero-order valence-corrected chi connectivity index (χ0v) is 11.0. The molecule has 0 aliphatic heterocycles. The molecule has 0 radical (unpaired) electrons. The number of nitrogens with one attached hydrogen (secondary N) is 1. The van der Waals surface area contributed by atoms with E-state index in [2.05, 4.69) is 11.9 Å². The van der Waals surface area contributed by atoms with E-state index in [0.29, 0.717) is 24.9 Å². The van der Waals surface area contributed by atoms with E-state index in [4.69, 9.17) is 4.74 Å². The van der Waals surface area contributed by atoms with Crippen LogP contribution in [0.25, 0.3) is 0 Å². The van der Waals surface area contributed by atoms with E-state index < -0.39 is 4.92 Å². The SMILES string of the molecule is C=C(CNC1CC1)COc1cc(C)ccc1[N+](=O)[O-]. The zero-order valence-electron chi connectivity index (χ0n) is 11.0. The Morgan fingerprint density at radius 2 is 2.32 bits per heavy atom. The van der Waals surface area contributed by atoms with Gasteiger partial charge >= 0.3 is 5.69 Å². The van der Waals surface area contributed by atoms with Crippen LogP contribution >= 0.6 is 0 Å². The monoisotopic (exact) mass is 262 g/mol. The Hall–Kier alpha value is -1.88. The summed E-state index contributed by atoms with van der Waals surface area (Å²) in [5.41, 5.74) is 1.82. The number of nitro groups is 1. The number of ether oxygens (including phenoxy) is 1. The molecule has 1 aromatic rings. The average Bonchev–Trinajstić information content (AvgIpc) is 3.17. The van der Waals surface area contributed by atoms with E-state index in [0.717, 1.165) is 11.1 Å². The number of nitro benzene ring substituents is 1. The number of hydrogen-bond donors (Lipinski definition) is 1. The molecule has 0 spiro atoms. The maximum absolute atomic E-state index is 10.9. The van der Waals surface area contributed by atoms with Crippen molar-refractivity contribution in [3.63, 3.8) is 0 Å². The molecule has 1 fully saturated rings. The molecule has 2 rings (SSSR count). The number of benzene rings is 1. The second kappa shape index (κ2) is 5.84. The molecule has 19 heavy (non-hydrogen) atoms. The lowest BCUT2D eigenvalue weighted by molar-refractivity contribution is -0.385. The summed E-state index contributed by atoms with van der Waals surface area (Å²) in [7, 11) is 0. The van der Waals surface area contributed by atoms with Crippen LogP contribution in [0.3, 0.4) is 0 Å². The predicted octanol–water partition coefficient (Wildman–Crippen LogP) is 2.59. The molecule has 1 aromatic carbocycles. The first-order valence-corrected chi connectivity index (χ1v) is 6.34.